The van der Waals surface area contributed by atoms with Crippen LogP contribution < -0.4 is 0 Å². The van der Waals surface area contributed by atoms with E-state index in [0.717, 1.165) is 22.9 Å². The molecule has 1 aromatic carbocycles. The van der Waals surface area contributed by atoms with Gasteiger partial charge >= 0.3 is 5.97 Å². The Morgan fingerprint density at radius 2 is 2.28 bits per heavy atom. The summed E-state index contributed by atoms with van der Waals surface area (Å²) >= 11 is 6.85. The summed E-state index contributed by atoms with van der Waals surface area (Å²) in [6.45, 7) is 1.88. The second-order valence-electron chi connectivity index (χ2n) is 3.51. The van der Waals surface area contributed by atoms with Crippen molar-refractivity contribution in [3.8, 4) is 11.5 Å². The fourth-order valence-electron chi connectivity index (χ4n) is 1.37. The minimum Gasteiger partial charge on any atom is -0.481 e. The number of carbonyl (C=O) groups is 1. The fourth-order valence-corrected chi connectivity index (χ4v) is 2.08. The maximum atomic E-state index is 10.4. The quantitative estimate of drug-likeness (QED) is 0.870. The van der Waals surface area contributed by atoms with Crippen LogP contribution >= 0.6 is 23.4 Å². The van der Waals surface area contributed by atoms with Crippen LogP contribution in [0.1, 0.15) is 5.56 Å². The lowest BCUT2D eigenvalue weighted by Gasteiger charge is -2.00. The Morgan fingerprint density at radius 1 is 1.50 bits per heavy atom. The predicted molar refractivity (Wildman–Crippen MR) is 67.8 cm³/mol. The number of aromatic nitrogens is 2. The zero-order valence-corrected chi connectivity index (χ0v) is 11.0. The van der Waals surface area contributed by atoms with E-state index in [2.05, 4.69) is 10.2 Å². The maximum Gasteiger partial charge on any atom is 0.314 e. The average Bonchev–Trinajstić information content (AvgIpc) is 2.75. The molecule has 18 heavy (non-hydrogen) atoms. The minimum absolute atomic E-state index is 0.110. The maximum absolute atomic E-state index is 10.4. The third-order valence-corrected chi connectivity index (χ3v) is 3.18. The van der Waals surface area contributed by atoms with Gasteiger partial charge in [0.2, 0.25) is 5.89 Å². The van der Waals surface area contributed by atoms with Gasteiger partial charge in [0, 0.05) is 10.6 Å². The van der Waals surface area contributed by atoms with E-state index >= 15 is 0 Å². The van der Waals surface area contributed by atoms with Gasteiger partial charge in [-0.1, -0.05) is 23.4 Å². The highest BCUT2D eigenvalue weighted by Crippen LogP contribution is 2.27. The average molecular weight is 285 g/mol. The molecule has 1 aromatic heterocycles. The van der Waals surface area contributed by atoms with Crippen LogP contribution in [0.3, 0.4) is 0 Å². The first kappa shape index (κ1) is 12.9. The van der Waals surface area contributed by atoms with Crippen molar-refractivity contribution in [3.05, 3.63) is 28.8 Å². The van der Waals surface area contributed by atoms with E-state index in [9.17, 15) is 4.79 Å². The number of nitrogens with zero attached hydrogens (tertiary/aromatic N) is 2. The van der Waals surface area contributed by atoms with E-state index < -0.39 is 5.97 Å². The van der Waals surface area contributed by atoms with E-state index in [1.807, 2.05) is 6.92 Å². The molecule has 1 heterocycles. The SMILES string of the molecule is Cc1cc(Cl)ccc1-c1nnc(SCC(=O)O)o1. The number of hydrogen-bond donors (Lipinski definition) is 1. The van der Waals surface area contributed by atoms with Gasteiger partial charge in [0.25, 0.3) is 5.22 Å². The lowest BCUT2D eigenvalue weighted by Crippen LogP contribution is -1.97. The first-order valence-corrected chi connectivity index (χ1v) is 6.37. The minimum atomic E-state index is -0.928. The molecule has 0 saturated carbocycles. The Bertz CT molecular complexity index is 585. The molecule has 0 spiro atoms. The molecule has 0 fully saturated rings. The van der Waals surface area contributed by atoms with Gasteiger partial charge in [0.15, 0.2) is 0 Å². The third kappa shape index (κ3) is 3.02. The number of halogens is 1. The van der Waals surface area contributed by atoms with Gasteiger partial charge < -0.3 is 9.52 Å². The summed E-state index contributed by atoms with van der Waals surface area (Å²) in [5.74, 6) is -0.680. The summed E-state index contributed by atoms with van der Waals surface area (Å²) in [6, 6.07) is 5.32. The van der Waals surface area contributed by atoms with Gasteiger partial charge in [-0.15, -0.1) is 10.2 Å². The van der Waals surface area contributed by atoms with Crippen molar-refractivity contribution in [3.63, 3.8) is 0 Å². The van der Waals surface area contributed by atoms with E-state index in [0.29, 0.717) is 10.9 Å². The molecular weight excluding hydrogens is 276 g/mol. The zero-order chi connectivity index (χ0) is 13.1. The van der Waals surface area contributed by atoms with Crippen molar-refractivity contribution >= 4 is 29.3 Å². The van der Waals surface area contributed by atoms with E-state index in [-0.39, 0.29) is 11.0 Å². The highest BCUT2D eigenvalue weighted by Gasteiger charge is 2.12. The first-order chi connectivity index (χ1) is 8.56. The molecule has 0 aliphatic heterocycles. The molecule has 0 bridgehead atoms. The molecule has 2 aromatic rings. The number of thioether (sulfide) groups is 1. The van der Waals surface area contributed by atoms with E-state index in [4.69, 9.17) is 21.1 Å². The molecule has 0 amide bonds. The zero-order valence-electron chi connectivity index (χ0n) is 9.38. The summed E-state index contributed by atoms with van der Waals surface area (Å²) in [4.78, 5) is 10.4. The highest BCUT2D eigenvalue weighted by atomic mass is 35.5. The standard InChI is InChI=1S/C11H9ClN2O3S/c1-6-4-7(12)2-3-8(6)10-13-14-11(17-10)18-5-9(15)16/h2-4H,5H2,1H3,(H,15,16). The number of benzene rings is 1. The van der Waals surface area contributed by atoms with Gasteiger partial charge in [-0.05, 0) is 30.7 Å². The Labute approximate surface area is 112 Å². The molecule has 0 atom stereocenters. The second-order valence-corrected chi connectivity index (χ2v) is 4.88. The van der Waals surface area contributed by atoms with Crippen LogP contribution in [0.2, 0.25) is 5.02 Å². The smallest absolute Gasteiger partial charge is 0.314 e. The highest BCUT2D eigenvalue weighted by molar-refractivity contribution is 7.99. The third-order valence-electron chi connectivity index (χ3n) is 2.14. The Hall–Kier alpha value is -1.53. The Morgan fingerprint density at radius 3 is 2.94 bits per heavy atom. The molecule has 94 valence electrons. The van der Waals surface area contributed by atoms with Crippen LogP contribution in [-0.4, -0.2) is 27.0 Å². The van der Waals surface area contributed by atoms with Gasteiger partial charge in [0.1, 0.15) is 5.75 Å². The van der Waals surface area contributed by atoms with Gasteiger partial charge in [-0.2, -0.15) is 0 Å². The molecule has 7 heteroatoms. The van der Waals surface area contributed by atoms with Crippen molar-refractivity contribution in [2.45, 2.75) is 12.1 Å². The normalized spacial score (nSPS) is 10.6. The Kier molecular flexibility index (Phi) is 3.88. The molecule has 0 unspecified atom stereocenters. The van der Waals surface area contributed by atoms with Crippen LogP contribution in [0.5, 0.6) is 0 Å². The monoisotopic (exact) mass is 284 g/mol. The lowest BCUT2D eigenvalue weighted by atomic mass is 10.1. The topological polar surface area (TPSA) is 76.2 Å². The van der Waals surface area contributed by atoms with Crippen molar-refractivity contribution < 1.29 is 14.3 Å². The van der Waals surface area contributed by atoms with Crippen molar-refractivity contribution in [2.75, 3.05) is 5.75 Å². The number of aryl methyl sites for hydroxylation is 1. The van der Waals surface area contributed by atoms with Crippen molar-refractivity contribution in [2.24, 2.45) is 0 Å². The van der Waals surface area contributed by atoms with Crippen molar-refractivity contribution in [1.82, 2.24) is 10.2 Å². The summed E-state index contributed by atoms with van der Waals surface area (Å²) < 4.78 is 5.38. The number of carboxylic acids is 1. The molecular formula is C11H9ClN2O3S. The first-order valence-electron chi connectivity index (χ1n) is 5.01. The van der Waals surface area contributed by atoms with Gasteiger partial charge in [-0.25, -0.2) is 0 Å². The number of hydrogen-bond acceptors (Lipinski definition) is 5. The van der Waals surface area contributed by atoms with Gasteiger partial charge in [-0.3, -0.25) is 4.79 Å². The van der Waals surface area contributed by atoms with Crippen LogP contribution in [0.15, 0.2) is 27.8 Å². The predicted octanol–water partition coefficient (Wildman–Crippen LogP) is 2.88. The molecule has 5 nitrogen and oxygen atoms in total. The molecule has 0 aliphatic rings. The largest absolute Gasteiger partial charge is 0.481 e. The van der Waals surface area contributed by atoms with E-state index in [1.165, 1.54) is 0 Å². The summed E-state index contributed by atoms with van der Waals surface area (Å²) in [6.07, 6.45) is 0. The van der Waals surface area contributed by atoms with Gasteiger partial charge in [0.05, 0.1) is 0 Å². The summed E-state index contributed by atoms with van der Waals surface area (Å²) in [5, 5.41) is 17.1. The fraction of sp³-hybridized carbons (Fsp3) is 0.182. The number of aliphatic carboxylic acids is 1. The van der Waals surface area contributed by atoms with Crippen LogP contribution in [0.4, 0.5) is 0 Å². The molecule has 0 radical (unpaired) electrons. The van der Waals surface area contributed by atoms with Crippen LogP contribution in [0.25, 0.3) is 11.5 Å². The lowest BCUT2D eigenvalue weighted by molar-refractivity contribution is -0.133. The second kappa shape index (κ2) is 5.41. The Balaban J connectivity index is 2.21. The number of rotatable bonds is 4. The summed E-state index contributed by atoms with van der Waals surface area (Å²) in [7, 11) is 0. The van der Waals surface area contributed by atoms with Crippen LogP contribution in [0, 0.1) is 6.92 Å². The molecule has 0 aliphatic carbocycles. The molecule has 1 N–H and O–H groups in total. The van der Waals surface area contributed by atoms with Crippen LogP contribution in [-0.2, 0) is 4.79 Å². The van der Waals surface area contributed by atoms with Crippen molar-refractivity contribution in [1.29, 1.82) is 0 Å². The summed E-state index contributed by atoms with van der Waals surface area (Å²) in [5.41, 5.74) is 1.70. The molecule has 0 saturated heterocycles. The molecule has 2 rings (SSSR count). The number of carboxylic acid groups (broad SMARTS) is 1. The van der Waals surface area contributed by atoms with E-state index in [1.54, 1.807) is 18.2 Å².